The van der Waals surface area contributed by atoms with Crippen molar-refractivity contribution < 1.29 is 0 Å². The summed E-state index contributed by atoms with van der Waals surface area (Å²) in [7, 11) is 0. The van der Waals surface area contributed by atoms with E-state index < -0.39 is 0 Å². The van der Waals surface area contributed by atoms with Gasteiger partial charge in [0.05, 0.1) is 0 Å². The molecule has 0 heteroatoms. The zero-order chi connectivity index (χ0) is 16.3. The van der Waals surface area contributed by atoms with Gasteiger partial charge in [-0.15, -0.1) is 0 Å². The second kappa shape index (κ2) is 7.37. The van der Waals surface area contributed by atoms with Crippen molar-refractivity contribution in [2.75, 3.05) is 0 Å². The third kappa shape index (κ3) is 3.22. The van der Waals surface area contributed by atoms with Gasteiger partial charge in [0, 0.05) is 0 Å². The van der Waals surface area contributed by atoms with Crippen LogP contribution in [0.15, 0.2) is 23.8 Å². The smallest absolute Gasteiger partial charge is 0.00790 e. The first kappa shape index (κ1) is 17.8. The third-order valence-electron chi connectivity index (χ3n) is 6.95. The summed E-state index contributed by atoms with van der Waals surface area (Å²) in [5.74, 6) is 3.90. The average Bonchev–Trinajstić information content (AvgIpc) is 2.49. The van der Waals surface area contributed by atoms with Crippen molar-refractivity contribution in [2.45, 2.75) is 86.0 Å². The fourth-order valence-corrected chi connectivity index (χ4v) is 5.59. The van der Waals surface area contributed by atoms with Gasteiger partial charge in [0.1, 0.15) is 0 Å². The first-order chi connectivity index (χ1) is 10.5. The van der Waals surface area contributed by atoms with Gasteiger partial charge in [0.25, 0.3) is 0 Å². The number of rotatable bonds is 1. The van der Waals surface area contributed by atoms with Gasteiger partial charge in [-0.05, 0) is 67.6 Å². The minimum atomic E-state index is 0.511. The van der Waals surface area contributed by atoms with Crippen LogP contribution in [-0.4, -0.2) is 0 Å². The van der Waals surface area contributed by atoms with Crippen molar-refractivity contribution >= 4 is 0 Å². The number of allylic oxidation sites excluding steroid dienone is 3. The van der Waals surface area contributed by atoms with E-state index >= 15 is 0 Å². The van der Waals surface area contributed by atoms with E-state index in [1.54, 1.807) is 5.57 Å². The predicted molar refractivity (Wildman–Crippen MR) is 98.9 cm³/mol. The highest BCUT2D eigenvalue weighted by atomic mass is 14.5. The van der Waals surface area contributed by atoms with Crippen LogP contribution in [0.4, 0.5) is 0 Å². The van der Waals surface area contributed by atoms with Crippen molar-refractivity contribution in [1.29, 1.82) is 0 Å². The molecule has 3 rings (SSSR count). The lowest BCUT2D eigenvalue weighted by atomic mass is 9.49. The highest BCUT2D eigenvalue weighted by Crippen LogP contribution is 2.59. The first-order valence-corrected chi connectivity index (χ1v) is 9.86. The Labute approximate surface area is 139 Å². The maximum Gasteiger partial charge on any atom is -0.00790 e. The zero-order valence-electron chi connectivity index (χ0n) is 15.8. The van der Waals surface area contributed by atoms with E-state index in [0.29, 0.717) is 5.41 Å². The van der Waals surface area contributed by atoms with Gasteiger partial charge in [-0.3, -0.25) is 0 Å². The van der Waals surface area contributed by atoms with Crippen LogP contribution < -0.4 is 0 Å². The maximum absolute atomic E-state index is 4.20. The molecule has 0 heterocycles. The summed E-state index contributed by atoms with van der Waals surface area (Å²) in [6.45, 7) is 16.0. The molecular weight excluding hydrogens is 264 g/mol. The van der Waals surface area contributed by atoms with Gasteiger partial charge in [0.2, 0.25) is 0 Å². The summed E-state index contributed by atoms with van der Waals surface area (Å²) < 4.78 is 0. The minimum absolute atomic E-state index is 0.511. The van der Waals surface area contributed by atoms with E-state index in [4.69, 9.17) is 0 Å². The van der Waals surface area contributed by atoms with Crippen LogP contribution in [0.3, 0.4) is 0 Å². The van der Waals surface area contributed by atoms with Gasteiger partial charge in [-0.2, -0.15) is 0 Å². The Balaban J connectivity index is 0.000000545. The highest BCUT2D eigenvalue weighted by Gasteiger charge is 2.50. The summed E-state index contributed by atoms with van der Waals surface area (Å²) in [5.41, 5.74) is 3.63. The Kier molecular flexibility index (Phi) is 5.97. The molecule has 0 aromatic carbocycles. The summed E-state index contributed by atoms with van der Waals surface area (Å²) in [6.07, 6.45) is 13.4. The molecule has 0 N–H and O–H groups in total. The monoisotopic (exact) mass is 302 g/mol. The fourth-order valence-electron chi connectivity index (χ4n) is 5.59. The van der Waals surface area contributed by atoms with E-state index in [1.165, 1.54) is 56.9 Å². The molecule has 0 radical (unpaired) electrons. The normalized spacial score (nSPS) is 40.8. The summed E-state index contributed by atoms with van der Waals surface area (Å²) in [4.78, 5) is 0. The SMILES string of the molecule is C=C1C=C2CCC3C(C)C(CC)CCC3C2(C)CC1.CCC. The van der Waals surface area contributed by atoms with Crippen molar-refractivity contribution in [2.24, 2.45) is 29.1 Å². The molecule has 0 aliphatic heterocycles. The second-order valence-corrected chi connectivity index (χ2v) is 8.37. The molecule has 5 unspecified atom stereocenters. The molecule has 0 aromatic rings. The number of hydrogen-bond donors (Lipinski definition) is 0. The lowest BCUT2D eigenvalue weighted by molar-refractivity contribution is -0.00212. The first-order valence-electron chi connectivity index (χ1n) is 9.86. The molecule has 5 atom stereocenters. The van der Waals surface area contributed by atoms with Crippen LogP contribution >= 0.6 is 0 Å². The predicted octanol–water partition coefficient (Wildman–Crippen LogP) is 7.17. The molecular formula is C22H38. The van der Waals surface area contributed by atoms with Crippen molar-refractivity contribution in [3.8, 4) is 0 Å². The summed E-state index contributed by atoms with van der Waals surface area (Å²) in [6, 6.07) is 0. The lowest BCUT2D eigenvalue weighted by Crippen LogP contribution is -2.46. The third-order valence-corrected chi connectivity index (χ3v) is 6.95. The van der Waals surface area contributed by atoms with Gasteiger partial charge in [0.15, 0.2) is 0 Å². The summed E-state index contributed by atoms with van der Waals surface area (Å²) >= 11 is 0. The fraction of sp³-hybridized carbons (Fsp3) is 0.818. The molecule has 22 heavy (non-hydrogen) atoms. The van der Waals surface area contributed by atoms with E-state index in [-0.39, 0.29) is 0 Å². The Hall–Kier alpha value is -0.520. The largest absolute Gasteiger partial charge is 0.0958 e. The number of fused-ring (bicyclic) bond motifs is 3. The molecule has 0 spiro atoms. The van der Waals surface area contributed by atoms with Crippen molar-refractivity contribution in [3.05, 3.63) is 23.8 Å². The standard InChI is InChI=1S/C19H30.C3H8/c1-5-15-6-9-18-17(14(15)3)8-7-16-12-13(2)10-11-19(16,18)4;1-3-2/h12,14-15,17-18H,2,5-11H2,1,3-4H3;3H2,1-2H3. The topological polar surface area (TPSA) is 0 Å². The van der Waals surface area contributed by atoms with Gasteiger partial charge >= 0.3 is 0 Å². The van der Waals surface area contributed by atoms with Crippen LogP contribution in [0.5, 0.6) is 0 Å². The molecule has 0 saturated heterocycles. The molecule has 126 valence electrons. The molecule has 3 aliphatic carbocycles. The van der Waals surface area contributed by atoms with E-state index in [2.05, 4.69) is 47.3 Å². The average molecular weight is 303 g/mol. The zero-order valence-corrected chi connectivity index (χ0v) is 15.8. The highest BCUT2D eigenvalue weighted by molar-refractivity contribution is 5.32. The van der Waals surface area contributed by atoms with Crippen LogP contribution in [0.2, 0.25) is 0 Å². The molecule has 2 saturated carbocycles. The quantitative estimate of drug-likeness (QED) is 0.481. The lowest BCUT2D eigenvalue weighted by Gasteiger charge is -2.55. The minimum Gasteiger partial charge on any atom is -0.0958 e. The maximum atomic E-state index is 4.20. The van der Waals surface area contributed by atoms with Crippen LogP contribution in [-0.2, 0) is 0 Å². The number of hydrogen-bond acceptors (Lipinski definition) is 0. The van der Waals surface area contributed by atoms with Crippen LogP contribution in [0.1, 0.15) is 86.0 Å². The van der Waals surface area contributed by atoms with E-state index in [9.17, 15) is 0 Å². The summed E-state index contributed by atoms with van der Waals surface area (Å²) in [5, 5.41) is 0. The van der Waals surface area contributed by atoms with Gasteiger partial charge in [-0.25, -0.2) is 0 Å². The Morgan fingerprint density at radius 3 is 2.45 bits per heavy atom. The van der Waals surface area contributed by atoms with Crippen LogP contribution in [0.25, 0.3) is 0 Å². The molecule has 3 aliphatic rings. The van der Waals surface area contributed by atoms with E-state index in [0.717, 1.165) is 23.7 Å². The van der Waals surface area contributed by atoms with Crippen LogP contribution in [0, 0.1) is 29.1 Å². The Bertz CT molecular complexity index is 416. The second-order valence-electron chi connectivity index (χ2n) is 8.37. The Morgan fingerprint density at radius 2 is 1.82 bits per heavy atom. The molecule has 0 bridgehead atoms. The van der Waals surface area contributed by atoms with Gasteiger partial charge in [-0.1, -0.05) is 71.3 Å². The Morgan fingerprint density at radius 1 is 1.14 bits per heavy atom. The van der Waals surface area contributed by atoms with E-state index in [1.807, 2.05) is 0 Å². The molecule has 0 amide bonds. The van der Waals surface area contributed by atoms with Gasteiger partial charge < -0.3 is 0 Å². The molecule has 2 fully saturated rings. The van der Waals surface area contributed by atoms with Crippen molar-refractivity contribution in [3.63, 3.8) is 0 Å². The van der Waals surface area contributed by atoms with Crippen molar-refractivity contribution in [1.82, 2.24) is 0 Å². The molecule has 0 nitrogen and oxygen atoms in total. The molecule has 0 aromatic heterocycles.